The topological polar surface area (TPSA) is 201 Å². The van der Waals surface area contributed by atoms with Crippen LogP contribution in [0.2, 0.25) is 0 Å². The minimum absolute atomic E-state index is 0.0367. The summed E-state index contributed by atoms with van der Waals surface area (Å²) in [4.78, 5) is 41.0. The number of carbonyl (C=O) groups excluding carboxylic acids is 3. The zero-order valence-electron chi connectivity index (χ0n) is 51.9. The van der Waals surface area contributed by atoms with Gasteiger partial charge in [-0.1, -0.05) is 211 Å². The van der Waals surface area contributed by atoms with Gasteiger partial charge in [-0.15, -0.1) is 0 Å². The van der Waals surface area contributed by atoms with Crippen LogP contribution in [0.4, 0.5) is 0 Å². The fourth-order valence-electron chi connectivity index (χ4n) is 11.3. The molecule has 486 valence electrons. The number of esters is 3. The minimum atomic E-state index is -1.44. The Labute approximate surface area is 541 Å². The first-order chi connectivity index (χ1) is 44.9. The van der Waals surface area contributed by atoms with Gasteiger partial charge < -0.3 is 71.4 Å². The summed E-state index contributed by atoms with van der Waals surface area (Å²) in [7, 11) is 0. The van der Waals surface area contributed by atoms with Crippen molar-refractivity contribution >= 4 is 29.7 Å². The highest BCUT2D eigenvalue weighted by atomic mass is 32.2. The number of thioether (sulfide) groups is 1. The third-order valence-corrected chi connectivity index (χ3v) is 16.9. The third kappa shape index (κ3) is 19.5. The second-order valence-electron chi connectivity index (χ2n) is 22.7. The lowest BCUT2D eigenvalue weighted by atomic mass is 9.96. The van der Waals surface area contributed by atoms with Gasteiger partial charge in [0.05, 0.1) is 59.5 Å². The van der Waals surface area contributed by atoms with E-state index in [1.54, 1.807) is 0 Å². The van der Waals surface area contributed by atoms with Gasteiger partial charge in [-0.05, 0) is 52.4 Å². The smallest absolute Gasteiger partial charge is 0.303 e. The van der Waals surface area contributed by atoms with Crippen LogP contribution >= 0.6 is 11.8 Å². The minimum Gasteiger partial charge on any atom is -0.456 e. The lowest BCUT2D eigenvalue weighted by Crippen LogP contribution is -2.65. The average molecular weight is 1280 g/mol. The maximum absolute atomic E-state index is 13.6. The molecule has 7 aromatic rings. The molecule has 7 aromatic carbocycles. The van der Waals surface area contributed by atoms with Crippen LogP contribution in [0.25, 0.3) is 0 Å². The molecule has 0 bridgehead atoms. The predicted octanol–water partition coefficient (Wildman–Crippen LogP) is 10.6. The zero-order chi connectivity index (χ0) is 64.0. The molecule has 0 amide bonds. The summed E-state index contributed by atoms with van der Waals surface area (Å²) in [6.45, 7) is 5.27. The normalized spacial score (nSPS) is 26.3. The molecule has 3 heterocycles. The van der Waals surface area contributed by atoms with Gasteiger partial charge in [0.15, 0.2) is 30.9 Å². The van der Waals surface area contributed by atoms with E-state index in [4.69, 9.17) is 66.3 Å². The van der Waals surface area contributed by atoms with Crippen molar-refractivity contribution in [3.8, 4) is 0 Å². The largest absolute Gasteiger partial charge is 0.456 e. The molecule has 10 rings (SSSR count). The van der Waals surface area contributed by atoms with Crippen molar-refractivity contribution in [1.82, 2.24) is 0 Å². The number of aliphatic hydroxyl groups excluding tert-OH is 1. The van der Waals surface area contributed by atoms with Crippen LogP contribution in [-0.2, 0) is 120 Å². The van der Waals surface area contributed by atoms with Gasteiger partial charge in [0.25, 0.3) is 0 Å². The van der Waals surface area contributed by atoms with Crippen molar-refractivity contribution < 1.29 is 85.8 Å². The summed E-state index contributed by atoms with van der Waals surface area (Å²) in [6, 6.07) is 65.2. The van der Waals surface area contributed by atoms with E-state index in [9.17, 15) is 19.5 Å². The number of carbonyl (C=O) groups is 3. The first-order valence-corrected chi connectivity index (χ1v) is 31.8. The van der Waals surface area contributed by atoms with E-state index >= 15 is 0 Å². The number of aliphatic hydroxyl groups is 1. The van der Waals surface area contributed by atoms with Gasteiger partial charge in [-0.2, -0.15) is 0 Å². The van der Waals surface area contributed by atoms with Gasteiger partial charge in [0.2, 0.25) is 0 Å². The van der Waals surface area contributed by atoms with Crippen LogP contribution in [0.3, 0.4) is 0 Å². The van der Waals surface area contributed by atoms with Crippen LogP contribution in [0.1, 0.15) is 59.7 Å². The summed E-state index contributed by atoms with van der Waals surface area (Å²) >= 11 is 1.36. The highest BCUT2D eigenvalue weighted by molar-refractivity contribution is 7.99. The van der Waals surface area contributed by atoms with Gasteiger partial charge in [-0.25, -0.2) is 0 Å². The summed E-state index contributed by atoms with van der Waals surface area (Å²) in [5.41, 5.74) is 5.21. The molecule has 18 nitrogen and oxygen atoms in total. The predicted molar refractivity (Wildman–Crippen MR) is 339 cm³/mol. The van der Waals surface area contributed by atoms with Gasteiger partial charge in [0.1, 0.15) is 60.4 Å². The SMILES string of the molecule is CC(=O)O[C@@H]1[C@@H](OC[C@H]2O[C@H](OC[C@H]3O[C@H](Sc4ccc(C)cc4)[C@@H](OC(C)=O)[C@@H](OCc4ccccc4)[C@@H]3OCc3ccccc3)[C@@H](OC(C)=O)[C@@H](OCc3ccccc3)[C@@H]2OCc2ccccc2)O[C@H](CO)[C@@H](OCc2ccccc2)[C@@H]1OCc1ccccc1. The zero-order valence-corrected chi connectivity index (χ0v) is 52.8. The first kappa shape index (κ1) is 67.7. The fourth-order valence-corrected chi connectivity index (χ4v) is 12.4. The molecule has 3 fully saturated rings. The van der Waals surface area contributed by atoms with Crippen LogP contribution < -0.4 is 0 Å². The van der Waals surface area contributed by atoms with Crippen LogP contribution in [0, 0.1) is 6.92 Å². The van der Waals surface area contributed by atoms with Crippen LogP contribution in [0.5, 0.6) is 0 Å². The van der Waals surface area contributed by atoms with Crippen LogP contribution in [-0.4, -0.2) is 134 Å². The molecule has 1 N–H and O–H groups in total. The molecule has 3 aliphatic heterocycles. The Balaban J connectivity index is 1.02. The summed E-state index contributed by atoms with van der Waals surface area (Å²) < 4.78 is 94.1. The first-order valence-electron chi connectivity index (χ1n) is 30.9. The standard InChI is InChI=1S/C73H80O18S/c1-48-35-37-58(38-36-48)92-73-70(88-51(4)77)67(83-45-57-33-21-10-22-34-57)64(80-42-54-27-15-7-16-28-54)61(91-73)47-85-72-69(87-50(3)76)66(82-44-56-31-19-9-20-32-56)63(79-41-53-25-13-6-14-26-53)60(90-72)46-84-71-68(86-49(2)75)65(81-43-55-29-17-8-18-30-55)62(59(39-74)89-71)78-40-52-23-11-5-12-24-52/h5-38,59-74H,39-47H2,1-4H3/t59-,60-,61-,62-,63-,64-,65+,66+,67+,68+,69+,70+,71+,72+,73-/m1/s1. The lowest BCUT2D eigenvalue weighted by molar-refractivity contribution is -0.349. The highest BCUT2D eigenvalue weighted by Crippen LogP contribution is 2.40. The van der Waals surface area contributed by atoms with Crippen molar-refractivity contribution in [1.29, 1.82) is 0 Å². The third-order valence-electron chi connectivity index (χ3n) is 15.7. The molecule has 0 aromatic heterocycles. The average Bonchev–Trinajstić information content (AvgIpc) is 0.829. The molecule has 0 aliphatic carbocycles. The summed E-state index contributed by atoms with van der Waals surface area (Å²) in [5.74, 6) is -1.87. The Kier molecular flexibility index (Phi) is 25.5. The number of benzene rings is 7. The number of hydrogen-bond donors (Lipinski definition) is 1. The Morgan fingerprint density at radius 2 is 0.630 bits per heavy atom. The van der Waals surface area contributed by atoms with E-state index < -0.39 is 116 Å². The summed E-state index contributed by atoms with van der Waals surface area (Å²) in [5, 5.41) is 11.1. The fraction of sp³-hybridized carbons (Fsp3) is 0.384. The number of aryl methyl sites for hydroxylation is 1. The lowest BCUT2D eigenvalue weighted by Gasteiger charge is -2.48. The van der Waals surface area contributed by atoms with Gasteiger partial charge in [0, 0.05) is 25.7 Å². The molecule has 0 spiro atoms. The van der Waals surface area contributed by atoms with Crippen molar-refractivity contribution in [3.05, 3.63) is 245 Å². The molecule has 0 radical (unpaired) electrons. The molecule has 15 atom stereocenters. The van der Waals surface area contributed by atoms with E-state index in [1.165, 1.54) is 32.5 Å². The monoisotopic (exact) mass is 1280 g/mol. The quantitative estimate of drug-likeness (QED) is 0.0329. The maximum atomic E-state index is 13.6. The van der Waals surface area contributed by atoms with E-state index in [2.05, 4.69) is 0 Å². The maximum Gasteiger partial charge on any atom is 0.303 e. The molecule has 19 heteroatoms. The van der Waals surface area contributed by atoms with E-state index in [0.29, 0.717) is 0 Å². The van der Waals surface area contributed by atoms with E-state index in [1.807, 2.05) is 213 Å². The molecular weight excluding hydrogens is 1200 g/mol. The van der Waals surface area contributed by atoms with E-state index in [-0.39, 0.29) is 52.9 Å². The Morgan fingerprint density at radius 3 is 0.957 bits per heavy atom. The summed E-state index contributed by atoms with van der Waals surface area (Å²) in [6.07, 6.45) is -15.8. The Morgan fingerprint density at radius 1 is 0.348 bits per heavy atom. The number of hydrogen-bond acceptors (Lipinski definition) is 19. The van der Waals surface area contributed by atoms with Gasteiger partial charge >= 0.3 is 17.9 Å². The molecule has 3 saturated heterocycles. The molecule has 92 heavy (non-hydrogen) atoms. The number of rotatable bonds is 30. The van der Waals surface area contributed by atoms with Crippen molar-refractivity contribution in [2.24, 2.45) is 0 Å². The Hall–Kier alpha value is -7.18. The Bertz CT molecular complexity index is 3300. The van der Waals surface area contributed by atoms with Crippen LogP contribution in [0.15, 0.2) is 211 Å². The van der Waals surface area contributed by atoms with Crippen molar-refractivity contribution in [2.75, 3.05) is 19.8 Å². The van der Waals surface area contributed by atoms with Gasteiger partial charge in [-0.3, -0.25) is 14.4 Å². The number of ether oxygens (including phenoxy) is 14. The highest BCUT2D eigenvalue weighted by Gasteiger charge is 2.55. The molecule has 0 unspecified atom stereocenters. The second-order valence-corrected chi connectivity index (χ2v) is 23.9. The molecule has 3 aliphatic rings. The van der Waals surface area contributed by atoms with Crippen molar-refractivity contribution in [3.63, 3.8) is 0 Å². The van der Waals surface area contributed by atoms with Crippen molar-refractivity contribution in [2.45, 2.75) is 163 Å². The second kappa shape index (κ2) is 34.6. The molecule has 0 saturated carbocycles. The van der Waals surface area contributed by atoms with E-state index in [0.717, 1.165) is 43.8 Å². The molecular formula is C73H80O18S.